The molecule has 78 valence electrons. The summed E-state index contributed by atoms with van der Waals surface area (Å²) < 4.78 is 5.35. The van der Waals surface area contributed by atoms with Crippen molar-refractivity contribution in [1.82, 2.24) is 5.32 Å². The monoisotopic (exact) mass is 185 g/mol. The molecule has 0 atom stereocenters. The Bertz CT molecular complexity index is 104. The van der Waals surface area contributed by atoms with Crippen LogP contribution in [0.3, 0.4) is 0 Å². The van der Waals surface area contributed by atoms with Crippen LogP contribution < -0.4 is 5.32 Å². The molecular formula is C11H23NO. The number of rotatable bonds is 10. The zero-order chi connectivity index (χ0) is 9.78. The highest BCUT2D eigenvalue weighted by Crippen LogP contribution is 1.90. The lowest BCUT2D eigenvalue weighted by molar-refractivity contribution is 0.140. The third kappa shape index (κ3) is 11.7. The van der Waals surface area contributed by atoms with Gasteiger partial charge in [-0.2, -0.15) is 0 Å². The molecule has 0 heterocycles. The molecule has 0 fully saturated rings. The van der Waals surface area contributed by atoms with Crippen molar-refractivity contribution < 1.29 is 4.74 Å². The first-order chi connectivity index (χ1) is 6.41. The van der Waals surface area contributed by atoms with Crippen molar-refractivity contribution >= 4 is 0 Å². The van der Waals surface area contributed by atoms with Gasteiger partial charge in [-0.15, -0.1) is 6.58 Å². The van der Waals surface area contributed by atoms with Gasteiger partial charge in [-0.1, -0.05) is 25.8 Å². The van der Waals surface area contributed by atoms with Crippen LogP contribution in [0.5, 0.6) is 0 Å². The molecule has 2 heteroatoms. The third-order valence-electron chi connectivity index (χ3n) is 1.85. The number of ether oxygens (including phenoxy) is 1. The lowest BCUT2D eigenvalue weighted by Gasteiger charge is -2.04. The van der Waals surface area contributed by atoms with Crippen LogP contribution in [0.4, 0.5) is 0 Å². The van der Waals surface area contributed by atoms with E-state index in [9.17, 15) is 0 Å². The van der Waals surface area contributed by atoms with E-state index < -0.39 is 0 Å². The van der Waals surface area contributed by atoms with Crippen molar-refractivity contribution in [2.45, 2.75) is 32.6 Å². The molecule has 0 aromatic carbocycles. The molecule has 13 heavy (non-hydrogen) atoms. The summed E-state index contributed by atoms with van der Waals surface area (Å²) in [5.74, 6) is 0. The number of hydrogen-bond donors (Lipinski definition) is 1. The molecule has 0 saturated heterocycles. The van der Waals surface area contributed by atoms with Crippen molar-refractivity contribution in [3.63, 3.8) is 0 Å². The molecule has 0 aromatic rings. The minimum absolute atomic E-state index is 0.806. The van der Waals surface area contributed by atoms with Crippen LogP contribution in [0.15, 0.2) is 12.7 Å². The summed E-state index contributed by atoms with van der Waals surface area (Å²) in [5, 5.41) is 3.35. The summed E-state index contributed by atoms with van der Waals surface area (Å²) in [6.45, 7) is 9.58. The highest BCUT2D eigenvalue weighted by molar-refractivity contribution is 4.64. The van der Waals surface area contributed by atoms with Crippen LogP contribution in [0.2, 0.25) is 0 Å². The topological polar surface area (TPSA) is 21.3 Å². The van der Waals surface area contributed by atoms with E-state index in [1.54, 1.807) is 0 Å². The van der Waals surface area contributed by atoms with E-state index in [1.165, 1.54) is 19.3 Å². The normalized spacial score (nSPS) is 10.2. The molecule has 0 aromatic heterocycles. The summed E-state index contributed by atoms with van der Waals surface area (Å²) >= 11 is 0. The summed E-state index contributed by atoms with van der Waals surface area (Å²) in [4.78, 5) is 0. The van der Waals surface area contributed by atoms with Gasteiger partial charge >= 0.3 is 0 Å². The van der Waals surface area contributed by atoms with Gasteiger partial charge in [0, 0.05) is 6.54 Å². The maximum Gasteiger partial charge on any atom is 0.0591 e. The quantitative estimate of drug-likeness (QED) is 0.417. The minimum atomic E-state index is 0.806. The van der Waals surface area contributed by atoms with Crippen LogP contribution in [0.25, 0.3) is 0 Å². The number of hydrogen-bond acceptors (Lipinski definition) is 2. The maximum absolute atomic E-state index is 5.35. The second-order valence-electron chi connectivity index (χ2n) is 3.15. The molecule has 0 amide bonds. The van der Waals surface area contributed by atoms with Gasteiger partial charge in [0.1, 0.15) is 0 Å². The highest BCUT2D eigenvalue weighted by Gasteiger charge is 1.88. The molecule has 0 unspecified atom stereocenters. The van der Waals surface area contributed by atoms with Gasteiger partial charge in [-0.3, -0.25) is 0 Å². The maximum atomic E-state index is 5.35. The van der Waals surface area contributed by atoms with Gasteiger partial charge in [0.05, 0.1) is 13.2 Å². The van der Waals surface area contributed by atoms with Gasteiger partial charge in [0.25, 0.3) is 0 Å². The Morgan fingerprint density at radius 2 is 2.08 bits per heavy atom. The van der Waals surface area contributed by atoms with Crippen LogP contribution in [0, 0.1) is 0 Å². The average Bonchev–Trinajstić information content (AvgIpc) is 2.16. The summed E-state index contributed by atoms with van der Waals surface area (Å²) in [6.07, 6.45) is 6.73. The molecule has 0 aliphatic rings. The average molecular weight is 185 g/mol. The van der Waals surface area contributed by atoms with Gasteiger partial charge in [-0.25, -0.2) is 0 Å². The SMILES string of the molecule is C=CCCOCCNCCCCC. The second kappa shape index (κ2) is 11.7. The van der Waals surface area contributed by atoms with Crippen molar-refractivity contribution in [2.24, 2.45) is 0 Å². The molecular weight excluding hydrogens is 162 g/mol. The first-order valence-corrected chi connectivity index (χ1v) is 5.31. The zero-order valence-corrected chi connectivity index (χ0v) is 8.85. The summed E-state index contributed by atoms with van der Waals surface area (Å²) in [5.41, 5.74) is 0. The fourth-order valence-corrected chi connectivity index (χ4v) is 1.04. The first-order valence-electron chi connectivity index (χ1n) is 5.31. The Morgan fingerprint density at radius 1 is 1.23 bits per heavy atom. The van der Waals surface area contributed by atoms with E-state index in [0.717, 1.165) is 32.7 Å². The Morgan fingerprint density at radius 3 is 2.77 bits per heavy atom. The Labute approximate surface area is 82.4 Å². The van der Waals surface area contributed by atoms with Crippen molar-refractivity contribution in [1.29, 1.82) is 0 Å². The van der Waals surface area contributed by atoms with E-state index >= 15 is 0 Å². The molecule has 0 bridgehead atoms. The molecule has 0 rings (SSSR count). The first kappa shape index (κ1) is 12.7. The number of unbranched alkanes of at least 4 members (excludes halogenated alkanes) is 2. The van der Waals surface area contributed by atoms with E-state index in [-0.39, 0.29) is 0 Å². The van der Waals surface area contributed by atoms with Gasteiger partial charge in [0.15, 0.2) is 0 Å². The largest absolute Gasteiger partial charge is 0.380 e. The Balaban J connectivity index is 2.79. The van der Waals surface area contributed by atoms with E-state index in [2.05, 4.69) is 18.8 Å². The molecule has 0 spiro atoms. The summed E-state index contributed by atoms with van der Waals surface area (Å²) in [7, 11) is 0. The van der Waals surface area contributed by atoms with Gasteiger partial charge < -0.3 is 10.1 Å². The predicted octanol–water partition coefficient (Wildman–Crippen LogP) is 2.36. The lowest BCUT2D eigenvalue weighted by Crippen LogP contribution is -2.20. The van der Waals surface area contributed by atoms with Crippen LogP contribution in [-0.2, 0) is 4.74 Å². The van der Waals surface area contributed by atoms with Crippen molar-refractivity contribution in [3.05, 3.63) is 12.7 Å². The molecule has 2 nitrogen and oxygen atoms in total. The molecule has 0 radical (unpaired) electrons. The fraction of sp³-hybridized carbons (Fsp3) is 0.818. The smallest absolute Gasteiger partial charge is 0.0591 e. The van der Waals surface area contributed by atoms with Crippen LogP contribution >= 0.6 is 0 Å². The Kier molecular flexibility index (Phi) is 11.4. The van der Waals surface area contributed by atoms with E-state index in [4.69, 9.17) is 4.74 Å². The highest BCUT2D eigenvalue weighted by atomic mass is 16.5. The van der Waals surface area contributed by atoms with Crippen molar-refractivity contribution in [2.75, 3.05) is 26.3 Å². The third-order valence-corrected chi connectivity index (χ3v) is 1.85. The molecule has 0 saturated carbocycles. The van der Waals surface area contributed by atoms with Gasteiger partial charge in [0.2, 0.25) is 0 Å². The zero-order valence-electron chi connectivity index (χ0n) is 8.85. The standard InChI is InChI=1S/C11H23NO/c1-3-5-7-8-12-9-11-13-10-6-4-2/h4,12H,2-3,5-11H2,1H3. The second-order valence-corrected chi connectivity index (χ2v) is 3.15. The number of nitrogens with one attached hydrogen (secondary N) is 1. The minimum Gasteiger partial charge on any atom is -0.380 e. The van der Waals surface area contributed by atoms with Crippen molar-refractivity contribution in [3.8, 4) is 0 Å². The van der Waals surface area contributed by atoms with E-state index in [1.807, 2.05) is 6.08 Å². The van der Waals surface area contributed by atoms with E-state index in [0.29, 0.717) is 0 Å². The Hall–Kier alpha value is -0.340. The predicted molar refractivity (Wildman–Crippen MR) is 58.0 cm³/mol. The van der Waals surface area contributed by atoms with Crippen LogP contribution in [-0.4, -0.2) is 26.3 Å². The molecule has 0 aliphatic heterocycles. The van der Waals surface area contributed by atoms with Crippen LogP contribution in [0.1, 0.15) is 32.6 Å². The summed E-state index contributed by atoms with van der Waals surface area (Å²) in [6, 6.07) is 0. The molecule has 0 aliphatic carbocycles. The fourth-order valence-electron chi connectivity index (χ4n) is 1.04. The van der Waals surface area contributed by atoms with Gasteiger partial charge in [-0.05, 0) is 19.4 Å². The molecule has 1 N–H and O–H groups in total. The lowest BCUT2D eigenvalue weighted by atomic mass is 10.2.